The number of hydrogen-bond donors (Lipinski definition) is 3. The van der Waals surface area contributed by atoms with Crippen LogP contribution < -0.4 is 16.0 Å². The van der Waals surface area contributed by atoms with Crippen molar-refractivity contribution in [3.63, 3.8) is 0 Å². The fourth-order valence-electron chi connectivity index (χ4n) is 3.49. The largest absolute Gasteiger partial charge is 0.324 e. The van der Waals surface area contributed by atoms with Crippen LogP contribution in [0, 0.1) is 17.7 Å². The molecule has 1 saturated heterocycles. The summed E-state index contributed by atoms with van der Waals surface area (Å²) in [5.41, 5.74) is 0.815. The van der Waals surface area contributed by atoms with Gasteiger partial charge in [-0.3, -0.25) is 14.6 Å². The van der Waals surface area contributed by atoms with Crippen molar-refractivity contribution in [2.24, 2.45) is 11.8 Å². The molecule has 0 radical (unpaired) electrons. The highest BCUT2D eigenvalue weighted by Gasteiger charge is 2.22. The van der Waals surface area contributed by atoms with Crippen LogP contribution in [0.5, 0.6) is 0 Å². The third-order valence-electron chi connectivity index (χ3n) is 5.10. The number of pyridine rings is 1. The molecule has 2 aromatic rings. The molecule has 9 heteroatoms. The fraction of sp³-hybridized carbons (Fsp3) is 0.381. The highest BCUT2D eigenvalue weighted by Crippen LogP contribution is 2.27. The van der Waals surface area contributed by atoms with Gasteiger partial charge in [0, 0.05) is 12.6 Å². The Morgan fingerprint density at radius 3 is 2.53 bits per heavy atom. The van der Waals surface area contributed by atoms with Crippen LogP contribution in [-0.2, 0) is 4.79 Å². The van der Waals surface area contributed by atoms with Gasteiger partial charge in [0.1, 0.15) is 11.5 Å². The average Bonchev–Trinajstić information content (AvgIpc) is 2.71. The van der Waals surface area contributed by atoms with Gasteiger partial charge in [-0.15, -0.1) is 24.8 Å². The van der Waals surface area contributed by atoms with Gasteiger partial charge in [0.25, 0.3) is 5.91 Å². The van der Waals surface area contributed by atoms with Crippen molar-refractivity contribution >= 4 is 48.0 Å². The predicted octanol–water partition coefficient (Wildman–Crippen LogP) is 4.28. The van der Waals surface area contributed by atoms with Crippen LogP contribution in [0.2, 0.25) is 0 Å². The number of hydrogen-bond acceptors (Lipinski definition) is 4. The Labute approximate surface area is 188 Å². The molecule has 0 spiro atoms. The maximum absolute atomic E-state index is 13.7. The molecule has 1 aliphatic heterocycles. The van der Waals surface area contributed by atoms with Crippen LogP contribution in [0.4, 0.5) is 15.8 Å². The van der Waals surface area contributed by atoms with E-state index in [1.54, 1.807) is 18.2 Å². The second-order valence-corrected chi connectivity index (χ2v) is 7.18. The number of rotatable bonds is 6. The van der Waals surface area contributed by atoms with E-state index >= 15 is 0 Å². The van der Waals surface area contributed by atoms with Crippen molar-refractivity contribution in [3.05, 3.63) is 54.1 Å². The minimum atomic E-state index is -0.488. The number of piperidine rings is 1. The lowest BCUT2D eigenvalue weighted by molar-refractivity contribution is -0.117. The summed E-state index contributed by atoms with van der Waals surface area (Å²) < 4.78 is 13.7. The Balaban J connectivity index is 0.00000225. The molecule has 3 N–H and O–H groups in total. The Kier molecular flexibility index (Phi) is 10.7. The molecule has 6 nitrogen and oxygen atoms in total. The van der Waals surface area contributed by atoms with E-state index in [0.717, 1.165) is 25.9 Å². The number of carbonyl (C=O) groups is 2. The number of carbonyl (C=O) groups excluding carboxylic acids is 2. The molecule has 1 aromatic carbocycles. The first kappa shape index (κ1) is 25.8. The third-order valence-corrected chi connectivity index (χ3v) is 5.10. The van der Waals surface area contributed by atoms with Crippen molar-refractivity contribution in [2.45, 2.75) is 26.2 Å². The van der Waals surface area contributed by atoms with Crippen molar-refractivity contribution in [1.82, 2.24) is 10.3 Å². The Hall–Kier alpha value is -2.22. The zero-order valence-electron chi connectivity index (χ0n) is 16.7. The van der Waals surface area contributed by atoms with Crippen molar-refractivity contribution < 1.29 is 14.0 Å². The minimum absolute atomic E-state index is 0. The normalized spacial score (nSPS) is 14.6. The Morgan fingerprint density at radius 2 is 1.87 bits per heavy atom. The topological polar surface area (TPSA) is 83.1 Å². The number of amides is 2. The zero-order chi connectivity index (χ0) is 19.9. The molecule has 0 aliphatic carbocycles. The molecule has 164 valence electrons. The highest BCUT2D eigenvalue weighted by molar-refractivity contribution is 6.06. The number of halogens is 3. The van der Waals surface area contributed by atoms with E-state index in [0.29, 0.717) is 18.0 Å². The van der Waals surface area contributed by atoms with Gasteiger partial charge in [0.2, 0.25) is 5.91 Å². The van der Waals surface area contributed by atoms with E-state index in [1.165, 1.54) is 24.4 Å². The lowest BCUT2D eigenvalue weighted by atomic mass is 9.84. The Bertz CT molecular complexity index is 833. The van der Waals surface area contributed by atoms with Crippen molar-refractivity contribution in [1.29, 1.82) is 0 Å². The monoisotopic (exact) mass is 456 g/mol. The van der Waals surface area contributed by atoms with Gasteiger partial charge in [0.05, 0.1) is 11.4 Å². The van der Waals surface area contributed by atoms with Crippen LogP contribution in [0.15, 0.2) is 42.6 Å². The molecule has 1 atom stereocenters. The maximum atomic E-state index is 13.7. The van der Waals surface area contributed by atoms with Crippen LogP contribution in [0.1, 0.15) is 36.7 Å². The van der Waals surface area contributed by atoms with E-state index < -0.39 is 11.7 Å². The van der Waals surface area contributed by atoms with Crippen LogP contribution in [0.25, 0.3) is 0 Å². The van der Waals surface area contributed by atoms with Crippen LogP contribution in [0.3, 0.4) is 0 Å². The van der Waals surface area contributed by atoms with Crippen LogP contribution in [-0.4, -0.2) is 29.9 Å². The molecule has 2 heterocycles. The number of nitrogens with one attached hydrogen (secondary N) is 3. The lowest BCUT2D eigenvalue weighted by Gasteiger charge is -2.28. The van der Waals surface area contributed by atoms with Gasteiger partial charge in [0.15, 0.2) is 0 Å². The molecule has 1 aromatic heterocycles. The van der Waals surface area contributed by atoms with Gasteiger partial charge in [-0.25, -0.2) is 4.39 Å². The fourth-order valence-corrected chi connectivity index (χ4v) is 3.49. The highest BCUT2D eigenvalue weighted by atomic mass is 35.5. The first-order valence-electron chi connectivity index (χ1n) is 9.55. The molecule has 0 bridgehead atoms. The molecule has 3 rings (SSSR count). The summed E-state index contributed by atoms with van der Waals surface area (Å²) in [6.07, 6.45) is 3.98. The summed E-state index contributed by atoms with van der Waals surface area (Å²) in [6, 6.07) is 8.88. The second kappa shape index (κ2) is 12.5. The molecule has 1 unspecified atom stereocenters. The number of nitrogens with zero attached hydrogens (tertiary/aromatic N) is 1. The second-order valence-electron chi connectivity index (χ2n) is 7.18. The van der Waals surface area contributed by atoms with E-state index in [1.807, 2.05) is 0 Å². The number of benzene rings is 1. The SMILES string of the molecule is CC(CC(=O)Nc1cc(F)ccc1NC(=O)c1ccccn1)C1CCNCC1.Cl.Cl. The van der Waals surface area contributed by atoms with E-state index in [2.05, 4.69) is 27.9 Å². The summed E-state index contributed by atoms with van der Waals surface area (Å²) in [4.78, 5) is 28.8. The van der Waals surface area contributed by atoms with Gasteiger partial charge in [-0.05, 0) is 68.1 Å². The molecular weight excluding hydrogens is 430 g/mol. The molecule has 30 heavy (non-hydrogen) atoms. The van der Waals surface area contributed by atoms with Gasteiger partial charge in [-0.2, -0.15) is 0 Å². The summed E-state index contributed by atoms with van der Waals surface area (Å²) in [6.45, 7) is 4.03. The first-order chi connectivity index (χ1) is 13.5. The third kappa shape index (κ3) is 7.23. The quantitative estimate of drug-likeness (QED) is 0.605. The average molecular weight is 457 g/mol. The minimum Gasteiger partial charge on any atom is -0.324 e. The Morgan fingerprint density at radius 1 is 1.13 bits per heavy atom. The van der Waals surface area contributed by atoms with Gasteiger partial charge >= 0.3 is 0 Å². The molecule has 2 amide bonds. The van der Waals surface area contributed by atoms with E-state index in [-0.39, 0.29) is 48.0 Å². The van der Waals surface area contributed by atoms with Crippen molar-refractivity contribution in [3.8, 4) is 0 Å². The lowest BCUT2D eigenvalue weighted by Crippen LogP contribution is -2.32. The zero-order valence-corrected chi connectivity index (χ0v) is 18.3. The standard InChI is InChI=1S/C21H25FN4O2.2ClH/c1-14(15-7-10-23-11-8-15)12-20(27)25-19-13-16(22)5-6-17(19)26-21(28)18-4-2-3-9-24-18;;/h2-6,9,13-15,23H,7-8,10-12H2,1H3,(H,25,27)(H,26,28);2*1H. The summed E-state index contributed by atoms with van der Waals surface area (Å²) in [7, 11) is 0. The van der Waals surface area contributed by atoms with Crippen LogP contribution >= 0.6 is 24.8 Å². The van der Waals surface area contributed by atoms with Crippen molar-refractivity contribution in [2.75, 3.05) is 23.7 Å². The summed E-state index contributed by atoms with van der Waals surface area (Å²) >= 11 is 0. The molecular formula is C21H27Cl2FN4O2. The molecule has 0 saturated carbocycles. The van der Waals surface area contributed by atoms with E-state index in [9.17, 15) is 14.0 Å². The predicted molar refractivity (Wildman–Crippen MR) is 121 cm³/mol. The molecule has 1 aliphatic rings. The summed E-state index contributed by atoms with van der Waals surface area (Å²) in [5, 5.41) is 8.75. The number of anilines is 2. The van der Waals surface area contributed by atoms with Gasteiger partial charge < -0.3 is 16.0 Å². The summed E-state index contributed by atoms with van der Waals surface area (Å²) in [5.74, 6) is -0.363. The first-order valence-corrected chi connectivity index (χ1v) is 9.55. The number of aromatic nitrogens is 1. The molecule has 1 fully saturated rings. The smallest absolute Gasteiger partial charge is 0.274 e. The maximum Gasteiger partial charge on any atom is 0.274 e. The van der Waals surface area contributed by atoms with Gasteiger partial charge in [-0.1, -0.05) is 13.0 Å². The van der Waals surface area contributed by atoms with E-state index in [4.69, 9.17) is 0 Å².